The maximum atomic E-state index is 14.8. The van der Waals surface area contributed by atoms with Crippen LogP contribution >= 0.6 is 0 Å². The molecule has 0 spiro atoms. The molecule has 0 aromatic rings. The van der Waals surface area contributed by atoms with E-state index in [4.69, 9.17) is 4.74 Å². The molecule has 0 saturated carbocycles. The fourth-order valence-corrected chi connectivity index (χ4v) is 3.77. The highest BCUT2D eigenvalue weighted by Crippen LogP contribution is 2.43. The highest BCUT2D eigenvalue weighted by atomic mass is 19.3. The SMILES string of the molecule is C[C@H]1CC2NN3CCCC(O)C(F)(F)C3=C2CN1C(=O)OC(C)(C)C. The molecule has 25 heavy (non-hydrogen) atoms. The maximum absolute atomic E-state index is 14.8. The number of nitrogens with zero attached hydrogens (tertiary/aromatic N) is 2. The van der Waals surface area contributed by atoms with E-state index in [-0.39, 0.29) is 30.7 Å². The predicted molar refractivity (Wildman–Crippen MR) is 87.9 cm³/mol. The van der Waals surface area contributed by atoms with Crippen LogP contribution < -0.4 is 5.43 Å². The molecule has 2 saturated heterocycles. The summed E-state index contributed by atoms with van der Waals surface area (Å²) in [6, 6.07) is -0.362. The summed E-state index contributed by atoms with van der Waals surface area (Å²) in [6.07, 6.45) is -1.13. The van der Waals surface area contributed by atoms with Gasteiger partial charge in [0.05, 0.1) is 6.04 Å². The van der Waals surface area contributed by atoms with Crippen LogP contribution in [0.5, 0.6) is 0 Å². The summed E-state index contributed by atoms with van der Waals surface area (Å²) >= 11 is 0. The molecule has 2 fully saturated rings. The molecule has 0 aliphatic carbocycles. The topological polar surface area (TPSA) is 65.0 Å². The number of ether oxygens (including phenoxy) is 1. The second kappa shape index (κ2) is 6.09. The molecule has 6 nitrogen and oxygen atoms in total. The van der Waals surface area contributed by atoms with Crippen LogP contribution in [0.1, 0.15) is 47.0 Å². The van der Waals surface area contributed by atoms with Gasteiger partial charge in [0, 0.05) is 19.1 Å². The molecular weight excluding hydrogens is 332 g/mol. The Kier molecular flexibility index (Phi) is 4.48. The summed E-state index contributed by atoms with van der Waals surface area (Å²) < 4.78 is 34.9. The zero-order chi connectivity index (χ0) is 18.6. The highest BCUT2D eigenvalue weighted by Gasteiger charge is 2.53. The van der Waals surface area contributed by atoms with Crippen molar-refractivity contribution in [2.24, 2.45) is 0 Å². The number of hydrogen-bond donors (Lipinski definition) is 2. The number of fused-ring (bicyclic) bond motifs is 2. The summed E-state index contributed by atoms with van der Waals surface area (Å²) in [5.41, 5.74) is 2.81. The summed E-state index contributed by atoms with van der Waals surface area (Å²) in [4.78, 5) is 14.0. The number of nitrogens with one attached hydrogen (secondary N) is 1. The van der Waals surface area contributed by atoms with Crippen LogP contribution in [0.2, 0.25) is 0 Å². The number of piperidine rings is 1. The first-order valence-corrected chi connectivity index (χ1v) is 8.83. The number of alkyl halides is 2. The molecule has 2 unspecified atom stereocenters. The quantitative estimate of drug-likeness (QED) is 0.695. The smallest absolute Gasteiger partial charge is 0.410 e. The van der Waals surface area contributed by atoms with Crippen molar-refractivity contribution in [3.63, 3.8) is 0 Å². The van der Waals surface area contributed by atoms with Gasteiger partial charge in [0.15, 0.2) is 0 Å². The Morgan fingerprint density at radius 3 is 2.72 bits per heavy atom. The molecule has 3 aliphatic heterocycles. The van der Waals surface area contributed by atoms with E-state index >= 15 is 0 Å². The molecule has 0 aromatic carbocycles. The molecule has 0 radical (unpaired) electrons. The number of amides is 1. The number of carbonyl (C=O) groups excluding carboxylic acids is 1. The summed E-state index contributed by atoms with van der Waals surface area (Å²) in [6.45, 7) is 7.73. The Morgan fingerprint density at radius 1 is 1.40 bits per heavy atom. The van der Waals surface area contributed by atoms with E-state index in [1.54, 1.807) is 20.8 Å². The lowest BCUT2D eigenvalue weighted by molar-refractivity contribution is -0.0898. The summed E-state index contributed by atoms with van der Waals surface area (Å²) in [7, 11) is 0. The average molecular weight is 359 g/mol. The zero-order valence-electron chi connectivity index (χ0n) is 15.2. The summed E-state index contributed by atoms with van der Waals surface area (Å²) in [5.74, 6) is -3.33. The van der Waals surface area contributed by atoms with Gasteiger partial charge in [-0.2, -0.15) is 8.78 Å². The minimum Gasteiger partial charge on any atom is -0.444 e. The number of aliphatic hydroxyl groups excluding tert-OH is 1. The van der Waals surface area contributed by atoms with E-state index in [9.17, 15) is 18.7 Å². The monoisotopic (exact) mass is 359 g/mol. The van der Waals surface area contributed by atoms with Gasteiger partial charge in [-0.25, -0.2) is 10.2 Å². The molecule has 2 N–H and O–H groups in total. The number of likely N-dealkylation sites (tertiary alicyclic amines) is 1. The van der Waals surface area contributed by atoms with Gasteiger partial charge in [-0.05, 0) is 52.5 Å². The molecular formula is C17H27F2N3O3. The Bertz CT molecular complexity index is 588. The van der Waals surface area contributed by atoms with Gasteiger partial charge in [0.2, 0.25) is 0 Å². The van der Waals surface area contributed by atoms with Crippen LogP contribution in [-0.2, 0) is 4.74 Å². The maximum Gasteiger partial charge on any atom is 0.410 e. The van der Waals surface area contributed by atoms with Crippen LogP contribution in [-0.4, -0.2) is 63.9 Å². The van der Waals surface area contributed by atoms with E-state index in [0.29, 0.717) is 25.0 Å². The molecule has 1 amide bonds. The van der Waals surface area contributed by atoms with E-state index < -0.39 is 23.7 Å². The van der Waals surface area contributed by atoms with Crippen LogP contribution in [0, 0.1) is 0 Å². The third-order valence-electron chi connectivity index (χ3n) is 4.98. The van der Waals surface area contributed by atoms with Crippen molar-refractivity contribution in [1.82, 2.24) is 15.3 Å². The molecule has 3 heterocycles. The van der Waals surface area contributed by atoms with Gasteiger partial charge in [-0.1, -0.05) is 0 Å². The van der Waals surface area contributed by atoms with Crippen LogP contribution in [0.25, 0.3) is 0 Å². The van der Waals surface area contributed by atoms with E-state index in [1.807, 2.05) is 6.92 Å². The number of rotatable bonds is 0. The fraction of sp³-hybridized carbons (Fsp3) is 0.824. The molecule has 3 aliphatic rings. The van der Waals surface area contributed by atoms with Crippen molar-refractivity contribution in [2.45, 2.75) is 76.7 Å². The lowest BCUT2D eigenvalue weighted by atomic mass is 9.91. The third-order valence-corrected chi connectivity index (χ3v) is 4.98. The van der Waals surface area contributed by atoms with Gasteiger partial charge in [-0.15, -0.1) is 0 Å². The van der Waals surface area contributed by atoms with E-state index in [0.717, 1.165) is 0 Å². The third kappa shape index (κ3) is 3.33. The van der Waals surface area contributed by atoms with Crippen LogP contribution in [0.3, 0.4) is 0 Å². The molecule has 0 bridgehead atoms. The van der Waals surface area contributed by atoms with E-state index in [2.05, 4.69) is 5.43 Å². The van der Waals surface area contributed by atoms with Crippen molar-refractivity contribution >= 4 is 6.09 Å². The summed E-state index contributed by atoms with van der Waals surface area (Å²) in [5, 5.41) is 11.4. The van der Waals surface area contributed by atoms with Gasteiger partial charge in [0.25, 0.3) is 0 Å². The number of halogens is 2. The zero-order valence-corrected chi connectivity index (χ0v) is 15.2. The van der Waals surface area contributed by atoms with Gasteiger partial charge >= 0.3 is 12.0 Å². The number of carbonyl (C=O) groups is 1. The van der Waals surface area contributed by atoms with E-state index in [1.165, 1.54) is 9.91 Å². The fourth-order valence-electron chi connectivity index (χ4n) is 3.77. The second-order valence-corrected chi connectivity index (χ2v) is 8.18. The normalized spacial score (nSPS) is 32.2. The predicted octanol–water partition coefficient (Wildman–Crippen LogP) is 2.25. The highest BCUT2D eigenvalue weighted by molar-refractivity contribution is 5.69. The number of hydrogen-bond acceptors (Lipinski definition) is 5. The van der Waals surface area contributed by atoms with Crippen molar-refractivity contribution in [1.29, 1.82) is 0 Å². The minimum absolute atomic E-state index is 0.0544. The first-order chi connectivity index (χ1) is 11.5. The molecule has 3 rings (SSSR count). The van der Waals surface area contributed by atoms with Crippen molar-refractivity contribution in [3.8, 4) is 0 Å². The second-order valence-electron chi connectivity index (χ2n) is 8.18. The lowest BCUT2D eigenvalue weighted by Crippen LogP contribution is -2.51. The van der Waals surface area contributed by atoms with Gasteiger partial charge < -0.3 is 19.8 Å². The molecule has 0 aromatic heterocycles. The Labute approximate surface area is 146 Å². The van der Waals surface area contributed by atoms with Crippen LogP contribution in [0.4, 0.5) is 13.6 Å². The standard InChI is InChI=1S/C17H27F2N3O3/c1-10-8-12-11(9-21(10)15(24)25-16(2,3)4)14-17(18,19)13(23)6-5-7-22(14)20-12/h10,12-13,20,23H,5-9H2,1-4H3/t10-,12?,13?/m0/s1. The Balaban J connectivity index is 1.92. The average Bonchev–Trinajstić information content (AvgIpc) is 2.76. The van der Waals surface area contributed by atoms with Gasteiger partial charge in [0.1, 0.15) is 17.4 Å². The Morgan fingerprint density at radius 2 is 2.08 bits per heavy atom. The largest absolute Gasteiger partial charge is 0.444 e. The lowest BCUT2D eigenvalue weighted by Gasteiger charge is -2.38. The Hall–Kier alpha value is -1.41. The number of aliphatic hydroxyl groups is 1. The van der Waals surface area contributed by atoms with Crippen molar-refractivity contribution < 1.29 is 23.4 Å². The van der Waals surface area contributed by atoms with Crippen LogP contribution in [0.15, 0.2) is 11.3 Å². The van der Waals surface area contributed by atoms with Crippen molar-refractivity contribution in [3.05, 3.63) is 11.3 Å². The first kappa shape index (κ1) is 18.4. The minimum atomic E-state index is -3.33. The molecule has 142 valence electrons. The first-order valence-electron chi connectivity index (χ1n) is 8.83. The van der Waals surface area contributed by atoms with Crippen molar-refractivity contribution in [2.75, 3.05) is 13.1 Å². The molecule has 3 atom stereocenters. The number of hydrazine groups is 1. The molecule has 8 heteroatoms. The van der Waals surface area contributed by atoms with Gasteiger partial charge in [-0.3, -0.25) is 0 Å².